The average molecular weight is 248 g/mol. The third-order valence-corrected chi connectivity index (χ3v) is 2.22. The predicted octanol–water partition coefficient (Wildman–Crippen LogP) is 3.05. The molecule has 0 spiro atoms. The number of hydrogen-bond acceptors (Lipinski definition) is 3. The van der Waals surface area contributed by atoms with Gasteiger partial charge in [-0.1, -0.05) is 13.3 Å². The number of unbranched alkanes of at least 4 members (excludes halogenated alkanes) is 1. The zero-order chi connectivity index (χ0) is 13.1. The highest BCUT2D eigenvalue weighted by Crippen LogP contribution is 2.37. The summed E-state index contributed by atoms with van der Waals surface area (Å²) in [4.78, 5) is 0. The highest BCUT2D eigenvalue weighted by atomic mass is 19.4. The maximum Gasteiger partial charge on any atom is 0.416 e. The van der Waals surface area contributed by atoms with Crippen LogP contribution in [0.25, 0.3) is 0 Å². The normalized spacial score (nSPS) is 11.5. The fourth-order valence-corrected chi connectivity index (χ4v) is 1.32. The van der Waals surface area contributed by atoms with E-state index in [4.69, 9.17) is 16.2 Å². The van der Waals surface area contributed by atoms with Crippen molar-refractivity contribution >= 4 is 11.4 Å². The molecule has 0 heterocycles. The first-order chi connectivity index (χ1) is 7.86. The molecule has 0 saturated heterocycles. The largest absolute Gasteiger partial charge is 0.489 e. The number of halogens is 3. The van der Waals surface area contributed by atoms with Gasteiger partial charge in [-0.15, -0.1) is 0 Å². The number of alkyl halides is 3. The van der Waals surface area contributed by atoms with E-state index < -0.39 is 11.7 Å². The number of hydrogen-bond donors (Lipinski definition) is 2. The van der Waals surface area contributed by atoms with Gasteiger partial charge in [-0.2, -0.15) is 13.2 Å². The van der Waals surface area contributed by atoms with E-state index in [0.717, 1.165) is 25.0 Å². The van der Waals surface area contributed by atoms with Gasteiger partial charge in [0.2, 0.25) is 0 Å². The van der Waals surface area contributed by atoms with Crippen LogP contribution in [0.4, 0.5) is 24.5 Å². The monoisotopic (exact) mass is 248 g/mol. The van der Waals surface area contributed by atoms with E-state index in [-0.39, 0.29) is 17.1 Å². The van der Waals surface area contributed by atoms with Crippen molar-refractivity contribution in [3.05, 3.63) is 17.7 Å². The van der Waals surface area contributed by atoms with E-state index in [1.54, 1.807) is 0 Å². The molecule has 6 heteroatoms. The molecule has 3 nitrogen and oxygen atoms in total. The molecule has 0 aliphatic rings. The Morgan fingerprint density at radius 3 is 2.12 bits per heavy atom. The molecule has 4 N–H and O–H groups in total. The van der Waals surface area contributed by atoms with Crippen LogP contribution in [0.1, 0.15) is 25.3 Å². The molecule has 0 atom stereocenters. The molecule has 0 bridgehead atoms. The summed E-state index contributed by atoms with van der Waals surface area (Å²) in [5.41, 5.74) is 9.95. The number of ether oxygens (including phenoxy) is 1. The third-order valence-electron chi connectivity index (χ3n) is 2.22. The summed E-state index contributed by atoms with van der Waals surface area (Å²) in [6.07, 6.45) is -2.75. The molecular weight excluding hydrogens is 233 g/mol. The SMILES string of the molecule is CCCCOc1c(N)cc(C(F)(F)F)cc1N. The Bertz CT molecular complexity index is 368. The van der Waals surface area contributed by atoms with E-state index in [9.17, 15) is 13.2 Å². The second kappa shape index (κ2) is 5.16. The first kappa shape index (κ1) is 13.5. The van der Waals surface area contributed by atoms with Crippen molar-refractivity contribution in [1.82, 2.24) is 0 Å². The van der Waals surface area contributed by atoms with Gasteiger partial charge in [0.05, 0.1) is 23.5 Å². The number of rotatable bonds is 4. The molecule has 0 unspecified atom stereocenters. The molecule has 1 aromatic rings. The Kier molecular flexibility index (Phi) is 4.09. The van der Waals surface area contributed by atoms with E-state index in [2.05, 4.69) is 0 Å². The van der Waals surface area contributed by atoms with Crippen molar-refractivity contribution < 1.29 is 17.9 Å². The topological polar surface area (TPSA) is 61.3 Å². The first-order valence-electron chi connectivity index (χ1n) is 5.25. The van der Waals surface area contributed by atoms with E-state index in [1.165, 1.54) is 0 Å². The maximum absolute atomic E-state index is 12.4. The number of benzene rings is 1. The Morgan fingerprint density at radius 1 is 1.18 bits per heavy atom. The molecule has 1 aromatic carbocycles. The van der Waals surface area contributed by atoms with Crippen molar-refractivity contribution in [2.45, 2.75) is 25.9 Å². The highest BCUT2D eigenvalue weighted by molar-refractivity contribution is 5.69. The number of anilines is 2. The summed E-state index contributed by atoms with van der Waals surface area (Å²) in [6.45, 7) is 2.36. The van der Waals surface area contributed by atoms with Crippen LogP contribution in [-0.4, -0.2) is 6.61 Å². The van der Waals surface area contributed by atoms with Crippen LogP contribution in [0.15, 0.2) is 12.1 Å². The summed E-state index contributed by atoms with van der Waals surface area (Å²) in [7, 11) is 0. The molecule has 0 aliphatic carbocycles. The molecule has 0 amide bonds. The Hall–Kier alpha value is -1.59. The lowest BCUT2D eigenvalue weighted by molar-refractivity contribution is -0.137. The standard InChI is InChI=1S/C11H15F3N2O/c1-2-3-4-17-10-8(15)5-7(6-9(10)16)11(12,13)14/h5-6H,2-4,15-16H2,1H3. The maximum atomic E-state index is 12.4. The van der Waals surface area contributed by atoms with Crippen molar-refractivity contribution in [3.8, 4) is 5.75 Å². The van der Waals surface area contributed by atoms with Gasteiger partial charge in [-0.3, -0.25) is 0 Å². The number of nitrogens with two attached hydrogens (primary N) is 2. The molecule has 0 aromatic heterocycles. The fourth-order valence-electron chi connectivity index (χ4n) is 1.32. The van der Waals surface area contributed by atoms with Gasteiger partial charge >= 0.3 is 6.18 Å². The fraction of sp³-hybridized carbons (Fsp3) is 0.455. The summed E-state index contributed by atoms with van der Waals surface area (Å²) in [5, 5.41) is 0. The quantitative estimate of drug-likeness (QED) is 0.636. The Labute approximate surface area is 97.5 Å². The van der Waals surface area contributed by atoms with Gasteiger partial charge in [0.25, 0.3) is 0 Å². The molecule has 1 rings (SSSR count). The lowest BCUT2D eigenvalue weighted by Gasteiger charge is -2.14. The average Bonchev–Trinajstić information content (AvgIpc) is 2.20. The van der Waals surface area contributed by atoms with Crippen LogP contribution >= 0.6 is 0 Å². The Balaban J connectivity index is 2.95. The van der Waals surface area contributed by atoms with Crippen molar-refractivity contribution in [1.29, 1.82) is 0 Å². The molecule has 96 valence electrons. The zero-order valence-electron chi connectivity index (χ0n) is 9.47. The lowest BCUT2D eigenvalue weighted by atomic mass is 10.1. The number of nitrogen functional groups attached to an aromatic ring is 2. The second-order valence-corrected chi connectivity index (χ2v) is 3.68. The predicted molar refractivity (Wildman–Crippen MR) is 60.7 cm³/mol. The highest BCUT2D eigenvalue weighted by Gasteiger charge is 2.31. The molecule has 17 heavy (non-hydrogen) atoms. The van der Waals surface area contributed by atoms with Crippen LogP contribution in [0.2, 0.25) is 0 Å². The van der Waals surface area contributed by atoms with Crippen molar-refractivity contribution in [2.24, 2.45) is 0 Å². The van der Waals surface area contributed by atoms with E-state index in [0.29, 0.717) is 6.61 Å². The summed E-state index contributed by atoms with van der Waals surface area (Å²) < 4.78 is 42.6. The van der Waals surface area contributed by atoms with Crippen LogP contribution < -0.4 is 16.2 Å². The van der Waals surface area contributed by atoms with Crippen molar-refractivity contribution in [3.63, 3.8) is 0 Å². The van der Waals surface area contributed by atoms with Gasteiger partial charge in [0, 0.05) is 0 Å². The van der Waals surface area contributed by atoms with Gasteiger partial charge in [-0.25, -0.2) is 0 Å². The van der Waals surface area contributed by atoms with E-state index >= 15 is 0 Å². The second-order valence-electron chi connectivity index (χ2n) is 3.68. The molecule has 0 saturated carbocycles. The van der Waals surface area contributed by atoms with Crippen molar-refractivity contribution in [2.75, 3.05) is 18.1 Å². The minimum Gasteiger partial charge on any atom is -0.489 e. The zero-order valence-corrected chi connectivity index (χ0v) is 9.47. The van der Waals surface area contributed by atoms with Gasteiger partial charge in [0.1, 0.15) is 0 Å². The van der Waals surface area contributed by atoms with Crippen LogP contribution in [0, 0.1) is 0 Å². The first-order valence-corrected chi connectivity index (χ1v) is 5.25. The third kappa shape index (κ3) is 3.44. The Morgan fingerprint density at radius 2 is 1.71 bits per heavy atom. The smallest absolute Gasteiger partial charge is 0.416 e. The van der Waals surface area contributed by atoms with Gasteiger partial charge in [0.15, 0.2) is 5.75 Å². The van der Waals surface area contributed by atoms with Crippen LogP contribution in [0.3, 0.4) is 0 Å². The van der Waals surface area contributed by atoms with Crippen LogP contribution in [-0.2, 0) is 6.18 Å². The molecule has 0 radical (unpaired) electrons. The summed E-state index contributed by atoms with van der Waals surface area (Å²) >= 11 is 0. The van der Waals surface area contributed by atoms with Crippen LogP contribution in [0.5, 0.6) is 5.75 Å². The minimum atomic E-state index is -4.45. The summed E-state index contributed by atoms with van der Waals surface area (Å²) in [5.74, 6) is 0.131. The molecule has 0 aliphatic heterocycles. The minimum absolute atomic E-state index is 0.0894. The lowest BCUT2D eigenvalue weighted by Crippen LogP contribution is -2.09. The van der Waals surface area contributed by atoms with Gasteiger partial charge < -0.3 is 16.2 Å². The molecule has 0 fully saturated rings. The van der Waals surface area contributed by atoms with E-state index in [1.807, 2.05) is 6.92 Å². The van der Waals surface area contributed by atoms with Gasteiger partial charge in [-0.05, 0) is 18.6 Å². The summed E-state index contributed by atoms with van der Waals surface area (Å²) in [6, 6.07) is 1.66. The molecular formula is C11H15F3N2O.